The van der Waals surface area contributed by atoms with Crippen molar-refractivity contribution >= 4 is 23.4 Å². The van der Waals surface area contributed by atoms with Crippen LogP contribution in [0.5, 0.6) is 0 Å². The van der Waals surface area contributed by atoms with E-state index in [0.717, 1.165) is 5.56 Å². The molecule has 0 aliphatic carbocycles. The van der Waals surface area contributed by atoms with E-state index < -0.39 is 0 Å². The van der Waals surface area contributed by atoms with Gasteiger partial charge in [0.2, 0.25) is 0 Å². The smallest absolute Gasteiger partial charge is 0.323 e. The molecule has 1 aliphatic heterocycles. The molecule has 1 aliphatic rings. The molecule has 2 heterocycles. The highest BCUT2D eigenvalue weighted by molar-refractivity contribution is 6.31. The van der Waals surface area contributed by atoms with Crippen LogP contribution in [0.2, 0.25) is 5.02 Å². The van der Waals surface area contributed by atoms with Gasteiger partial charge in [-0.3, -0.25) is 5.32 Å². The molecule has 22 heavy (non-hydrogen) atoms. The number of aryl methyl sites for hydroxylation is 1. The van der Waals surface area contributed by atoms with E-state index in [1.807, 2.05) is 24.3 Å². The molecule has 3 rings (SSSR count). The standard InChI is InChI=1S/C15H16ClN3O3/c1-10-8-14(18-22-10)17-15(20)19-6-7-21-13(9-19)11-4-2-3-5-12(11)16/h2-5,8,13H,6-7,9H2,1H3,(H,17,18,20). The number of carbonyl (C=O) groups is 1. The number of hydrogen-bond acceptors (Lipinski definition) is 4. The molecule has 116 valence electrons. The molecule has 1 N–H and O–H groups in total. The lowest BCUT2D eigenvalue weighted by molar-refractivity contribution is -0.0134. The SMILES string of the molecule is Cc1cc(NC(=O)N2CCOC(c3ccccc3Cl)C2)no1. The van der Waals surface area contributed by atoms with Crippen molar-refractivity contribution < 1.29 is 14.1 Å². The third kappa shape index (κ3) is 3.23. The zero-order chi connectivity index (χ0) is 15.5. The van der Waals surface area contributed by atoms with Crippen molar-refractivity contribution in [1.29, 1.82) is 0 Å². The van der Waals surface area contributed by atoms with E-state index in [4.69, 9.17) is 20.9 Å². The fourth-order valence-electron chi connectivity index (χ4n) is 2.37. The van der Waals surface area contributed by atoms with Gasteiger partial charge in [-0.2, -0.15) is 0 Å². The van der Waals surface area contributed by atoms with Gasteiger partial charge in [0.25, 0.3) is 0 Å². The fourth-order valence-corrected chi connectivity index (χ4v) is 2.63. The predicted octanol–water partition coefficient (Wildman–Crippen LogP) is 3.24. The van der Waals surface area contributed by atoms with E-state index in [1.54, 1.807) is 17.9 Å². The maximum absolute atomic E-state index is 12.3. The van der Waals surface area contributed by atoms with Crippen LogP contribution in [0.15, 0.2) is 34.9 Å². The van der Waals surface area contributed by atoms with Crippen molar-refractivity contribution in [3.8, 4) is 0 Å². The molecule has 6 nitrogen and oxygen atoms in total. The highest BCUT2D eigenvalue weighted by Gasteiger charge is 2.27. The molecule has 1 unspecified atom stereocenters. The molecule has 1 fully saturated rings. The number of ether oxygens (including phenoxy) is 1. The Kier molecular flexibility index (Phi) is 4.31. The lowest BCUT2D eigenvalue weighted by Crippen LogP contribution is -2.44. The van der Waals surface area contributed by atoms with Gasteiger partial charge in [-0.15, -0.1) is 0 Å². The van der Waals surface area contributed by atoms with Gasteiger partial charge in [-0.25, -0.2) is 4.79 Å². The number of carbonyl (C=O) groups excluding carboxylic acids is 1. The van der Waals surface area contributed by atoms with Crippen LogP contribution in [0.1, 0.15) is 17.4 Å². The summed E-state index contributed by atoms with van der Waals surface area (Å²) in [5.74, 6) is 1.05. The van der Waals surface area contributed by atoms with E-state index >= 15 is 0 Å². The monoisotopic (exact) mass is 321 g/mol. The molecule has 1 atom stereocenters. The molecule has 1 aromatic carbocycles. The van der Waals surface area contributed by atoms with Gasteiger partial charge in [0.05, 0.1) is 13.2 Å². The summed E-state index contributed by atoms with van der Waals surface area (Å²) in [6, 6.07) is 8.94. The minimum absolute atomic E-state index is 0.228. The zero-order valence-electron chi connectivity index (χ0n) is 12.1. The summed E-state index contributed by atoms with van der Waals surface area (Å²) < 4.78 is 10.7. The van der Waals surface area contributed by atoms with E-state index in [0.29, 0.717) is 36.3 Å². The summed E-state index contributed by atoms with van der Waals surface area (Å²) in [6.45, 7) is 3.18. The lowest BCUT2D eigenvalue weighted by Gasteiger charge is -2.33. The Labute approximate surface area is 133 Å². The molecule has 2 aromatic rings. The topological polar surface area (TPSA) is 67.6 Å². The maximum atomic E-state index is 12.3. The maximum Gasteiger partial charge on any atom is 0.323 e. The number of halogens is 1. The zero-order valence-corrected chi connectivity index (χ0v) is 12.8. The molecule has 0 radical (unpaired) electrons. The van der Waals surface area contributed by atoms with Crippen LogP contribution >= 0.6 is 11.6 Å². The second kappa shape index (κ2) is 6.37. The lowest BCUT2D eigenvalue weighted by atomic mass is 10.1. The molecular formula is C15H16ClN3O3. The fraction of sp³-hybridized carbons (Fsp3) is 0.333. The number of aromatic nitrogens is 1. The van der Waals surface area contributed by atoms with Crippen LogP contribution < -0.4 is 5.32 Å². The average molecular weight is 322 g/mol. The van der Waals surface area contributed by atoms with Crippen LogP contribution in [0.3, 0.4) is 0 Å². The Morgan fingerprint density at radius 2 is 2.27 bits per heavy atom. The average Bonchev–Trinajstić information content (AvgIpc) is 2.93. The highest BCUT2D eigenvalue weighted by atomic mass is 35.5. The van der Waals surface area contributed by atoms with Crippen molar-refractivity contribution in [3.63, 3.8) is 0 Å². The number of hydrogen-bond donors (Lipinski definition) is 1. The molecule has 0 spiro atoms. The van der Waals surface area contributed by atoms with Crippen molar-refractivity contribution in [3.05, 3.63) is 46.7 Å². The van der Waals surface area contributed by atoms with Crippen LogP contribution in [-0.2, 0) is 4.74 Å². The first kappa shape index (κ1) is 14.9. The Balaban J connectivity index is 1.67. The summed E-state index contributed by atoms with van der Waals surface area (Å²) in [5.41, 5.74) is 0.888. The molecular weight excluding hydrogens is 306 g/mol. The van der Waals surface area contributed by atoms with Crippen molar-refractivity contribution in [1.82, 2.24) is 10.1 Å². The summed E-state index contributed by atoms with van der Waals surface area (Å²) in [6.07, 6.45) is -0.229. The number of morpholine rings is 1. The largest absolute Gasteiger partial charge is 0.370 e. The van der Waals surface area contributed by atoms with Gasteiger partial charge >= 0.3 is 6.03 Å². The Bertz CT molecular complexity index is 674. The number of benzene rings is 1. The summed E-state index contributed by atoms with van der Waals surface area (Å²) in [7, 11) is 0. The minimum Gasteiger partial charge on any atom is -0.370 e. The number of anilines is 1. The van der Waals surface area contributed by atoms with Gasteiger partial charge in [-0.1, -0.05) is 35.0 Å². The van der Waals surface area contributed by atoms with E-state index in [-0.39, 0.29) is 12.1 Å². The quantitative estimate of drug-likeness (QED) is 0.922. The summed E-state index contributed by atoms with van der Waals surface area (Å²) >= 11 is 6.20. The van der Waals surface area contributed by atoms with Gasteiger partial charge in [-0.05, 0) is 13.0 Å². The van der Waals surface area contributed by atoms with Crippen molar-refractivity contribution in [2.24, 2.45) is 0 Å². The second-order valence-electron chi connectivity index (χ2n) is 5.08. The number of rotatable bonds is 2. The Morgan fingerprint density at radius 1 is 1.45 bits per heavy atom. The molecule has 0 bridgehead atoms. The molecule has 7 heteroatoms. The van der Waals surface area contributed by atoms with Gasteiger partial charge < -0.3 is 14.2 Å². The van der Waals surface area contributed by atoms with Crippen LogP contribution in [0, 0.1) is 6.92 Å². The van der Waals surface area contributed by atoms with E-state index in [2.05, 4.69) is 10.5 Å². The predicted molar refractivity (Wildman–Crippen MR) is 82.0 cm³/mol. The first-order chi connectivity index (χ1) is 10.6. The van der Waals surface area contributed by atoms with Gasteiger partial charge in [0.15, 0.2) is 5.82 Å². The van der Waals surface area contributed by atoms with Crippen LogP contribution in [0.4, 0.5) is 10.6 Å². The molecule has 1 saturated heterocycles. The van der Waals surface area contributed by atoms with Crippen LogP contribution in [-0.4, -0.2) is 35.8 Å². The second-order valence-corrected chi connectivity index (χ2v) is 5.49. The number of nitrogens with one attached hydrogen (secondary N) is 1. The normalized spacial score (nSPS) is 18.3. The first-order valence-corrected chi connectivity index (χ1v) is 7.36. The third-order valence-electron chi connectivity index (χ3n) is 3.47. The summed E-state index contributed by atoms with van der Waals surface area (Å²) in [5, 5.41) is 7.11. The van der Waals surface area contributed by atoms with Gasteiger partial charge in [0, 0.05) is 23.2 Å². The first-order valence-electron chi connectivity index (χ1n) is 6.99. The number of nitrogens with zero attached hydrogens (tertiary/aromatic N) is 2. The van der Waals surface area contributed by atoms with E-state index in [9.17, 15) is 4.79 Å². The molecule has 2 amide bonds. The van der Waals surface area contributed by atoms with Crippen molar-refractivity contribution in [2.75, 3.05) is 25.0 Å². The number of amides is 2. The summed E-state index contributed by atoms with van der Waals surface area (Å²) in [4.78, 5) is 14.0. The molecule has 0 saturated carbocycles. The van der Waals surface area contributed by atoms with Crippen LogP contribution in [0.25, 0.3) is 0 Å². The highest BCUT2D eigenvalue weighted by Crippen LogP contribution is 2.28. The van der Waals surface area contributed by atoms with Gasteiger partial charge in [0.1, 0.15) is 11.9 Å². The van der Waals surface area contributed by atoms with E-state index in [1.165, 1.54) is 0 Å². The third-order valence-corrected chi connectivity index (χ3v) is 3.81. The molecule has 1 aromatic heterocycles. The number of urea groups is 1. The Hall–Kier alpha value is -2.05. The minimum atomic E-state index is -0.229. The Morgan fingerprint density at radius 3 is 3.00 bits per heavy atom. The van der Waals surface area contributed by atoms with Crippen molar-refractivity contribution in [2.45, 2.75) is 13.0 Å².